The minimum absolute atomic E-state index is 0.337. The molecular weight excluding hydrogens is 394 g/mol. The summed E-state index contributed by atoms with van der Waals surface area (Å²) >= 11 is 0. The zero-order valence-electron chi connectivity index (χ0n) is 17.7. The Balaban J connectivity index is 2.09. The Morgan fingerprint density at radius 1 is 1.03 bits per heavy atom. The number of aryl methyl sites for hydroxylation is 1. The van der Waals surface area contributed by atoms with Gasteiger partial charge in [-0.2, -0.15) is 10.2 Å². The summed E-state index contributed by atoms with van der Waals surface area (Å²) in [6.07, 6.45) is 5.29. The van der Waals surface area contributed by atoms with Crippen LogP contribution in [0.1, 0.15) is 38.1 Å². The highest BCUT2D eigenvalue weighted by atomic mass is 16.2. The van der Waals surface area contributed by atoms with Gasteiger partial charge in [0.1, 0.15) is 5.82 Å². The highest BCUT2D eigenvalue weighted by molar-refractivity contribution is 5.76. The number of hydrogen-bond acceptors (Lipinski definition) is 6. The number of imidazole rings is 1. The van der Waals surface area contributed by atoms with Gasteiger partial charge in [0.15, 0.2) is 11.2 Å². The van der Waals surface area contributed by atoms with Crippen LogP contribution in [0.2, 0.25) is 0 Å². The normalized spacial score (nSPS) is 11.3. The molecule has 0 spiro atoms. The standard InChI is InChI=1S/C22H25N7O2/c1-3-5-12-28-21(30)19-20(27(4-2)22(28)31)26-18(13-15-10-11-24-25-14-15)29(19)17-9-7-6-8-16(17)23/h6-11,14H,3-5,12-13,23H2,1-2H3. The molecule has 0 bridgehead atoms. The summed E-state index contributed by atoms with van der Waals surface area (Å²) in [5, 5.41) is 7.76. The second-order valence-electron chi connectivity index (χ2n) is 7.36. The summed E-state index contributed by atoms with van der Waals surface area (Å²) in [4.78, 5) is 31.3. The van der Waals surface area contributed by atoms with E-state index in [0.29, 0.717) is 47.9 Å². The van der Waals surface area contributed by atoms with Gasteiger partial charge in [0, 0.05) is 25.7 Å². The van der Waals surface area contributed by atoms with Crippen LogP contribution in [0.4, 0.5) is 5.69 Å². The van der Waals surface area contributed by atoms with Crippen LogP contribution in [0.3, 0.4) is 0 Å². The first-order valence-electron chi connectivity index (χ1n) is 10.4. The first-order chi connectivity index (χ1) is 15.1. The molecule has 4 aromatic rings. The lowest BCUT2D eigenvalue weighted by Gasteiger charge is -2.13. The van der Waals surface area contributed by atoms with Gasteiger partial charge < -0.3 is 5.73 Å². The van der Waals surface area contributed by atoms with Gasteiger partial charge >= 0.3 is 5.69 Å². The molecule has 0 unspecified atom stereocenters. The number of nitrogens with two attached hydrogens (primary N) is 1. The van der Waals surface area contributed by atoms with Gasteiger partial charge in [-0.05, 0) is 37.1 Å². The molecule has 0 atom stereocenters. The van der Waals surface area contributed by atoms with Gasteiger partial charge in [-0.15, -0.1) is 0 Å². The number of rotatable bonds is 7. The number of nitrogen functional groups attached to an aromatic ring is 1. The van der Waals surface area contributed by atoms with Crippen LogP contribution in [0, 0.1) is 0 Å². The van der Waals surface area contributed by atoms with Gasteiger partial charge in [-0.3, -0.25) is 18.5 Å². The quantitative estimate of drug-likeness (QED) is 0.459. The summed E-state index contributed by atoms with van der Waals surface area (Å²) in [7, 11) is 0. The fraction of sp³-hybridized carbons (Fsp3) is 0.318. The molecule has 3 heterocycles. The number of benzene rings is 1. The van der Waals surface area contributed by atoms with Crippen LogP contribution < -0.4 is 17.0 Å². The second-order valence-corrected chi connectivity index (χ2v) is 7.36. The SMILES string of the molecule is CCCCn1c(=O)c2c(nc(Cc3ccnnc3)n2-c2ccccc2N)n(CC)c1=O. The molecular formula is C22H25N7O2. The van der Waals surface area contributed by atoms with Crippen molar-refractivity contribution in [3.8, 4) is 5.69 Å². The van der Waals surface area contributed by atoms with E-state index in [2.05, 4.69) is 10.2 Å². The first-order valence-corrected chi connectivity index (χ1v) is 10.4. The van der Waals surface area contributed by atoms with E-state index in [0.717, 1.165) is 18.4 Å². The molecule has 0 amide bonds. The zero-order valence-corrected chi connectivity index (χ0v) is 17.7. The van der Waals surface area contributed by atoms with Gasteiger partial charge in [0.25, 0.3) is 5.56 Å². The number of hydrogen-bond donors (Lipinski definition) is 1. The molecule has 0 saturated heterocycles. The topological polar surface area (TPSA) is 114 Å². The predicted octanol–water partition coefficient (Wildman–Crippen LogP) is 2.13. The maximum Gasteiger partial charge on any atom is 0.332 e. The van der Waals surface area contributed by atoms with Gasteiger partial charge in [0.2, 0.25) is 0 Å². The van der Waals surface area contributed by atoms with Crippen molar-refractivity contribution in [2.24, 2.45) is 0 Å². The molecule has 160 valence electrons. The maximum atomic E-state index is 13.5. The Bertz CT molecular complexity index is 1340. The van der Waals surface area contributed by atoms with Crippen LogP contribution in [-0.2, 0) is 19.5 Å². The first kappa shape index (κ1) is 20.5. The number of aromatic nitrogens is 6. The number of fused-ring (bicyclic) bond motifs is 1. The Hall–Kier alpha value is -3.75. The molecule has 0 aliphatic rings. The minimum atomic E-state index is -0.354. The monoisotopic (exact) mass is 419 g/mol. The molecule has 31 heavy (non-hydrogen) atoms. The molecule has 2 N–H and O–H groups in total. The summed E-state index contributed by atoms with van der Waals surface area (Å²) < 4.78 is 4.64. The Labute approximate surface area is 178 Å². The molecule has 9 nitrogen and oxygen atoms in total. The third-order valence-electron chi connectivity index (χ3n) is 5.33. The van der Waals surface area contributed by atoms with E-state index >= 15 is 0 Å². The lowest BCUT2D eigenvalue weighted by atomic mass is 10.2. The van der Waals surface area contributed by atoms with E-state index in [9.17, 15) is 9.59 Å². The zero-order chi connectivity index (χ0) is 22.0. The summed E-state index contributed by atoms with van der Waals surface area (Å²) in [6.45, 7) is 4.66. The van der Waals surface area contributed by atoms with Crippen LogP contribution in [-0.4, -0.2) is 28.9 Å². The van der Waals surface area contributed by atoms with E-state index in [1.54, 1.807) is 27.6 Å². The number of nitrogens with zero attached hydrogens (tertiary/aromatic N) is 6. The lowest BCUT2D eigenvalue weighted by molar-refractivity contribution is 0.551. The van der Waals surface area contributed by atoms with Gasteiger partial charge in [0.05, 0.1) is 17.6 Å². The Morgan fingerprint density at radius 3 is 2.52 bits per heavy atom. The molecule has 0 aliphatic heterocycles. The Kier molecular flexibility index (Phi) is 5.66. The van der Waals surface area contributed by atoms with E-state index in [-0.39, 0.29) is 11.2 Å². The van der Waals surface area contributed by atoms with Crippen molar-refractivity contribution in [2.75, 3.05) is 5.73 Å². The highest BCUT2D eigenvalue weighted by Crippen LogP contribution is 2.24. The largest absolute Gasteiger partial charge is 0.397 e. The molecule has 0 saturated carbocycles. The number of para-hydroxylation sites is 2. The molecule has 4 rings (SSSR count). The maximum absolute atomic E-state index is 13.5. The van der Waals surface area contributed by atoms with Gasteiger partial charge in [-0.1, -0.05) is 25.5 Å². The second kappa shape index (κ2) is 8.55. The van der Waals surface area contributed by atoms with Crippen LogP contribution in [0.5, 0.6) is 0 Å². The molecule has 0 aliphatic carbocycles. The Morgan fingerprint density at radius 2 is 1.84 bits per heavy atom. The fourth-order valence-electron chi connectivity index (χ4n) is 3.76. The average molecular weight is 419 g/mol. The molecule has 0 radical (unpaired) electrons. The minimum Gasteiger partial charge on any atom is -0.397 e. The fourth-order valence-corrected chi connectivity index (χ4v) is 3.76. The van der Waals surface area contributed by atoms with Crippen LogP contribution >= 0.6 is 0 Å². The third kappa shape index (κ3) is 3.63. The number of unbranched alkanes of at least 4 members (excludes halogenated alkanes) is 1. The van der Waals surface area contributed by atoms with E-state index in [1.807, 2.05) is 38.1 Å². The molecule has 9 heteroatoms. The summed E-state index contributed by atoms with van der Waals surface area (Å²) in [6, 6.07) is 9.18. The van der Waals surface area contributed by atoms with Crippen LogP contribution in [0.25, 0.3) is 16.9 Å². The molecule has 1 aromatic carbocycles. The predicted molar refractivity (Wildman–Crippen MR) is 119 cm³/mol. The van der Waals surface area contributed by atoms with Crippen molar-refractivity contribution < 1.29 is 0 Å². The summed E-state index contributed by atoms with van der Waals surface area (Å²) in [5.74, 6) is 0.604. The van der Waals surface area contributed by atoms with E-state index in [4.69, 9.17) is 10.7 Å². The average Bonchev–Trinajstić information content (AvgIpc) is 3.14. The van der Waals surface area contributed by atoms with E-state index in [1.165, 1.54) is 4.57 Å². The van der Waals surface area contributed by atoms with Crippen molar-refractivity contribution in [2.45, 2.75) is 46.2 Å². The third-order valence-corrected chi connectivity index (χ3v) is 5.33. The lowest BCUT2D eigenvalue weighted by Crippen LogP contribution is -2.40. The van der Waals surface area contributed by atoms with Crippen molar-refractivity contribution in [3.63, 3.8) is 0 Å². The smallest absolute Gasteiger partial charge is 0.332 e. The van der Waals surface area contributed by atoms with Crippen molar-refractivity contribution in [3.05, 3.63) is 75.0 Å². The molecule has 0 fully saturated rings. The number of anilines is 1. The highest BCUT2D eigenvalue weighted by Gasteiger charge is 2.23. The van der Waals surface area contributed by atoms with Crippen molar-refractivity contribution in [1.29, 1.82) is 0 Å². The van der Waals surface area contributed by atoms with Crippen molar-refractivity contribution >= 4 is 16.9 Å². The van der Waals surface area contributed by atoms with E-state index < -0.39 is 0 Å². The van der Waals surface area contributed by atoms with Gasteiger partial charge in [-0.25, -0.2) is 9.78 Å². The molecule has 3 aromatic heterocycles. The van der Waals surface area contributed by atoms with Crippen LogP contribution in [0.15, 0.2) is 52.3 Å². The van der Waals surface area contributed by atoms with Crippen molar-refractivity contribution in [1.82, 2.24) is 28.9 Å². The summed E-state index contributed by atoms with van der Waals surface area (Å²) in [5.41, 5.74) is 8.38.